The number of carbonyl (C=O) groups is 2. The summed E-state index contributed by atoms with van der Waals surface area (Å²) >= 11 is 0. The second-order valence-electron chi connectivity index (χ2n) is 2.38. The van der Waals surface area contributed by atoms with Gasteiger partial charge in [-0.2, -0.15) is 0 Å². The third kappa shape index (κ3) is 2.72. The number of carbonyl (C=O) groups excluding carboxylic acids is 2. The lowest BCUT2D eigenvalue weighted by molar-refractivity contribution is -0.119. The third-order valence-electron chi connectivity index (χ3n) is 1.43. The highest BCUT2D eigenvalue weighted by atomic mass is 16.3. The zero-order valence-electron chi connectivity index (χ0n) is 6.95. The van der Waals surface area contributed by atoms with Crippen LogP contribution in [0.1, 0.15) is 10.6 Å². The van der Waals surface area contributed by atoms with Crippen LogP contribution in [0.3, 0.4) is 0 Å². The molecule has 0 aromatic carbocycles. The number of rotatable bonds is 4. The molecule has 0 aliphatic heterocycles. The van der Waals surface area contributed by atoms with Gasteiger partial charge in [-0.25, -0.2) is 0 Å². The molecule has 0 aliphatic rings. The number of Topliss-reactive ketones (excluding diaryl/α,β-unsaturated/α-hetero) is 1. The topological polar surface area (TPSA) is 85.3 Å². The summed E-state index contributed by atoms with van der Waals surface area (Å²) in [6, 6.07) is 3.15. The Morgan fingerprint density at radius 2 is 2.31 bits per heavy atom. The molecule has 1 aromatic heterocycles. The van der Waals surface area contributed by atoms with E-state index >= 15 is 0 Å². The van der Waals surface area contributed by atoms with Gasteiger partial charge in [0.05, 0.1) is 19.4 Å². The highest BCUT2D eigenvalue weighted by Crippen LogP contribution is 1.99. The molecule has 1 heterocycles. The molecule has 0 bridgehead atoms. The molecule has 0 aliphatic carbocycles. The van der Waals surface area contributed by atoms with Crippen molar-refractivity contribution in [2.75, 3.05) is 13.1 Å². The average molecular weight is 182 g/mol. The Kier molecular flexibility index (Phi) is 3.22. The Morgan fingerprint density at radius 1 is 1.54 bits per heavy atom. The second-order valence-corrected chi connectivity index (χ2v) is 2.38. The van der Waals surface area contributed by atoms with E-state index in [9.17, 15) is 9.59 Å². The lowest BCUT2D eigenvalue weighted by Crippen LogP contribution is -2.34. The SMILES string of the molecule is NCC(=O)NCC(=O)c1ccco1. The van der Waals surface area contributed by atoms with Gasteiger partial charge in [0.1, 0.15) is 0 Å². The van der Waals surface area contributed by atoms with E-state index in [0.717, 1.165) is 0 Å². The average Bonchev–Trinajstić information content (AvgIpc) is 2.66. The van der Waals surface area contributed by atoms with E-state index in [1.54, 1.807) is 6.07 Å². The van der Waals surface area contributed by atoms with Crippen LogP contribution in [0, 0.1) is 0 Å². The standard InChI is InChI=1S/C8H10N2O3/c9-4-8(12)10-5-6(11)7-2-1-3-13-7/h1-3H,4-5,9H2,(H,10,12). The predicted molar refractivity (Wildman–Crippen MR) is 45.1 cm³/mol. The molecule has 0 atom stereocenters. The van der Waals surface area contributed by atoms with E-state index in [2.05, 4.69) is 5.32 Å². The number of hydrogen-bond acceptors (Lipinski definition) is 4. The minimum Gasteiger partial charge on any atom is -0.461 e. The quantitative estimate of drug-likeness (QED) is 0.617. The summed E-state index contributed by atoms with van der Waals surface area (Å²) in [5.74, 6) is -0.399. The van der Waals surface area contributed by atoms with Gasteiger partial charge in [-0.05, 0) is 12.1 Å². The molecule has 0 unspecified atom stereocenters. The summed E-state index contributed by atoms with van der Waals surface area (Å²) in [5, 5.41) is 2.35. The summed E-state index contributed by atoms with van der Waals surface area (Å²) in [6.45, 7) is -0.199. The van der Waals surface area contributed by atoms with Gasteiger partial charge in [0, 0.05) is 0 Å². The molecule has 0 fully saturated rings. The maximum atomic E-state index is 11.2. The molecule has 1 aromatic rings. The molecule has 0 saturated heterocycles. The molecule has 3 N–H and O–H groups in total. The monoisotopic (exact) mass is 182 g/mol. The Labute approximate surface area is 74.9 Å². The fourth-order valence-electron chi connectivity index (χ4n) is 0.775. The lowest BCUT2D eigenvalue weighted by atomic mass is 10.3. The van der Waals surface area contributed by atoms with Gasteiger partial charge in [0.25, 0.3) is 0 Å². The van der Waals surface area contributed by atoms with Crippen LogP contribution in [0.5, 0.6) is 0 Å². The smallest absolute Gasteiger partial charge is 0.234 e. The van der Waals surface area contributed by atoms with Crippen LogP contribution in [0.15, 0.2) is 22.8 Å². The number of hydrogen-bond donors (Lipinski definition) is 2. The Bertz CT molecular complexity index is 292. The van der Waals surface area contributed by atoms with Crippen LogP contribution >= 0.6 is 0 Å². The molecule has 0 radical (unpaired) electrons. The molecule has 1 amide bonds. The van der Waals surface area contributed by atoms with Crippen molar-refractivity contribution in [2.45, 2.75) is 0 Å². The van der Waals surface area contributed by atoms with E-state index in [1.165, 1.54) is 12.3 Å². The second kappa shape index (κ2) is 4.42. The summed E-state index contributed by atoms with van der Waals surface area (Å²) < 4.78 is 4.83. The third-order valence-corrected chi connectivity index (χ3v) is 1.43. The van der Waals surface area contributed by atoms with E-state index in [0.29, 0.717) is 0 Å². The molecule has 13 heavy (non-hydrogen) atoms. The first-order valence-corrected chi connectivity index (χ1v) is 3.77. The molecular formula is C8H10N2O3. The predicted octanol–water partition coefficient (Wildman–Crippen LogP) is -0.463. The summed E-state index contributed by atoms with van der Waals surface area (Å²) in [4.78, 5) is 21.8. The first-order valence-electron chi connectivity index (χ1n) is 3.77. The maximum Gasteiger partial charge on any atom is 0.234 e. The van der Waals surface area contributed by atoms with Crippen molar-refractivity contribution in [2.24, 2.45) is 5.73 Å². The number of amides is 1. The minimum absolute atomic E-state index is 0.0798. The van der Waals surface area contributed by atoms with Crippen LogP contribution in [-0.2, 0) is 4.79 Å². The number of furan rings is 1. The highest BCUT2D eigenvalue weighted by molar-refractivity contribution is 5.97. The zero-order valence-corrected chi connectivity index (χ0v) is 6.95. The van der Waals surface area contributed by atoms with Gasteiger partial charge in [-0.1, -0.05) is 0 Å². The van der Waals surface area contributed by atoms with Crippen molar-refractivity contribution in [1.82, 2.24) is 5.32 Å². The van der Waals surface area contributed by atoms with Gasteiger partial charge < -0.3 is 15.5 Å². The first kappa shape index (κ1) is 9.47. The van der Waals surface area contributed by atoms with Crippen LogP contribution in [0.25, 0.3) is 0 Å². The Balaban J connectivity index is 2.39. The van der Waals surface area contributed by atoms with E-state index < -0.39 is 0 Å². The van der Waals surface area contributed by atoms with Gasteiger partial charge in [0.2, 0.25) is 11.7 Å². The molecule has 0 saturated carbocycles. The van der Waals surface area contributed by atoms with Crippen molar-refractivity contribution < 1.29 is 14.0 Å². The van der Waals surface area contributed by atoms with Crippen molar-refractivity contribution in [3.8, 4) is 0 Å². The van der Waals surface area contributed by atoms with E-state index in [1.807, 2.05) is 0 Å². The highest BCUT2D eigenvalue weighted by Gasteiger charge is 2.08. The van der Waals surface area contributed by atoms with Crippen molar-refractivity contribution in [3.63, 3.8) is 0 Å². The zero-order chi connectivity index (χ0) is 9.68. The van der Waals surface area contributed by atoms with Crippen molar-refractivity contribution in [3.05, 3.63) is 24.2 Å². The molecule has 0 spiro atoms. The van der Waals surface area contributed by atoms with Gasteiger partial charge >= 0.3 is 0 Å². The fourth-order valence-corrected chi connectivity index (χ4v) is 0.775. The molecule has 5 heteroatoms. The number of nitrogens with one attached hydrogen (secondary N) is 1. The van der Waals surface area contributed by atoms with Crippen LogP contribution in [0.4, 0.5) is 0 Å². The van der Waals surface area contributed by atoms with Gasteiger partial charge in [-0.3, -0.25) is 9.59 Å². The summed E-state index contributed by atoms with van der Waals surface area (Å²) in [6.07, 6.45) is 1.40. The Morgan fingerprint density at radius 3 is 2.85 bits per heavy atom. The maximum absolute atomic E-state index is 11.2. The van der Waals surface area contributed by atoms with Gasteiger partial charge in [0.15, 0.2) is 5.76 Å². The van der Waals surface area contributed by atoms with E-state index in [4.69, 9.17) is 10.2 Å². The van der Waals surface area contributed by atoms with Crippen molar-refractivity contribution >= 4 is 11.7 Å². The summed E-state index contributed by atoms with van der Waals surface area (Å²) in [5.41, 5.74) is 5.03. The van der Waals surface area contributed by atoms with Crippen molar-refractivity contribution in [1.29, 1.82) is 0 Å². The largest absolute Gasteiger partial charge is 0.461 e. The first-order chi connectivity index (χ1) is 6.24. The molecular weight excluding hydrogens is 172 g/mol. The Hall–Kier alpha value is -1.62. The van der Waals surface area contributed by atoms with Crippen LogP contribution in [0.2, 0.25) is 0 Å². The minimum atomic E-state index is -0.361. The summed E-state index contributed by atoms with van der Waals surface area (Å²) in [7, 11) is 0. The van der Waals surface area contributed by atoms with Crippen LogP contribution < -0.4 is 11.1 Å². The normalized spacial score (nSPS) is 9.62. The number of nitrogens with two attached hydrogens (primary N) is 1. The molecule has 1 rings (SSSR count). The molecule has 70 valence electrons. The number of ketones is 1. The van der Waals surface area contributed by atoms with Crippen LogP contribution in [-0.4, -0.2) is 24.8 Å². The van der Waals surface area contributed by atoms with Gasteiger partial charge in [-0.15, -0.1) is 0 Å². The lowest BCUT2D eigenvalue weighted by Gasteiger charge is -1.99. The molecule has 5 nitrogen and oxygen atoms in total. The fraction of sp³-hybridized carbons (Fsp3) is 0.250. The van der Waals surface area contributed by atoms with E-state index in [-0.39, 0.29) is 30.5 Å².